The molecule has 0 amide bonds. The Hall–Kier alpha value is -1.42. The highest BCUT2D eigenvalue weighted by atomic mass is 16.6. The summed E-state index contributed by atoms with van der Waals surface area (Å²) in [4.78, 5) is 22.3. The Kier molecular flexibility index (Phi) is 26.1. The fourth-order valence-electron chi connectivity index (χ4n) is 2.40. The Morgan fingerprint density at radius 2 is 0.658 bits per heavy atom. The van der Waals surface area contributed by atoms with Gasteiger partial charge in [0.25, 0.3) is 0 Å². The third-order valence-corrected chi connectivity index (χ3v) is 4.06. The first kappa shape index (κ1) is 36.6. The standard InChI is InChI=1S/C25H48O13/c1-25(2,3)38-24(27)22-37-20-18-35-16-14-33-12-10-31-8-6-29-5-7-30-9-11-32-13-15-34-17-19-36-21-23(26)28-4/h5-22H2,1-4H3. The van der Waals surface area contributed by atoms with Crippen molar-refractivity contribution < 1.29 is 61.7 Å². The maximum Gasteiger partial charge on any atom is 0.332 e. The summed E-state index contributed by atoms with van der Waals surface area (Å²) in [6, 6.07) is 0. The number of esters is 2. The van der Waals surface area contributed by atoms with E-state index in [-0.39, 0.29) is 13.2 Å². The first-order valence-corrected chi connectivity index (χ1v) is 12.8. The van der Waals surface area contributed by atoms with Gasteiger partial charge in [0.15, 0.2) is 0 Å². The van der Waals surface area contributed by atoms with Crippen LogP contribution in [0.4, 0.5) is 0 Å². The van der Waals surface area contributed by atoms with E-state index < -0.39 is 17.5 Å². The highest BCUT2D eigenvalue weighted by Crippen LogP contribution is 2.06. The average Bonchev–Trinajstić information content (AvgIpc) is 2.87. The summed E-state index contributed by atoms with van der Waals surface area (Å²) >= 11 is 0. The van der Waals surface area contributed by atoms with E-state index in [1.54, 1.807) is 0 Å². The zero-order valence-electron chi connectivity index (χ0n) is 23.5. The predicted molar refractivity (Wildman–Crippen MR) is 135 cm³/mol. The minimum atomic E-state index is -0.511. The van der Waals surface area contributed by atoms with E-state index >= 15 is 0 Å². The molecule has 0 N–H and O–H groups in total. The molecule has 0 radical (unpaired) electrons. The van der Waals surface area contributed by atoms with Gasteiger partial charge in [-0.1, -0.05) is 0 Å². The van der Waals surface area contributed by atoms with Crippen molar-refractivity contribution in [1.29, 1.82) is 0 Å². The highest BCUT2D eigenvalue weighted by Gasteiger charge is 2.15. The number of carbonyl (C=O) groups is 2. The molecule has 0 aliphatic rings. The second-order valence-corrected chi connectivity index (χ2v) is 8.55. The minimum absolute atomic E-state index is 0.0733. The fourth-order valence-corrected chi connectivity index (χ4v) is 2.40. The molecule has 0 atom stereocenters. The molecule has 0 aliphatic carbocycles. The summed E-state index contributed by atoms with van der Waals surface area (Å²) in [5.74, 6) is -0.801. The Bertz CT molecular complexity index is 540. The van der Waals surface area contributed by atoms with Crippen LogP contribution in [0.3, 0.4) is 0 Å². The van der Waals surface area contributed by atoms with Crippen LogP contribution in [0.25, 0.3) is 0 Å². The lowest BCUT2D eigenvalue weighted by Crippen LogP contribution is -2.27. The second kappa shape index (κ2) is 27.2. The van der Waals surface area contributed by atoms with Crippen LogP contribution in [0.2, 0.25) is 0 Å². The van der Waals surface area contributed by atoms with Gasteiger partial charge in [-0.2, -0.15) is 0 Å². The SMILES string of the molecule is COC(=O)COCCOCCOCCOCCOCCOCCOCCOCCOCC(=O)OC(C)(C)C. The first-order valence-electron chi connectivity index (χ1n) is 12.8. The molecule has 0 fully saturated rings. The van der Waals surface area contributed by atoms with Crippen LogP contribution in [0.1, 0.15) is 20.8 Å². The zero-order valence-corrected chi connectivity index (χ0v) is 23.5. The number of methoxy groups -OCH3 is 1. The molecule has 0 spiro atoms. The number of rotatable bonds is 28. The number of carbonyl (C=O) groups excluding carboxylic acids is 2. The monoisotopic (exact) mass is 556 g/mol. The molecular formula is C25H48O13. The summed E-state index contributed by atoms with van der Waals surface area (Å²) in [5, 5.41) is 0. The van der Waals surface area contributed by atoms with Crippen LogP contribution in [0.5, 0.6) is 0 Å². The third-order valence-electron chi connectivity index (χ3n) is 4.06. The summed E-state index contributed by atoms with van der Waals surface area (Å²) in [6.07, 6.45) is 0. The molecule has 13 nitrogen and oxygen atoms in total. The molecule has 0 aliphatic heterocycles. The summed E-state index contributed by atoms with van der Waals surface area (Å²) < 4.78 is 57.5. The maximum atomic E-state index is 11.5. The third kappa shape index (κ3) is 30.8. The topological polar surface area (TPSA) is 136 Å². The van der Waals surface area contributed by atoms with E-state index in [0.29, 0.717) is 106 Å². The molecule has 0 aromatic rings. The fraction of sp³-hybridized carbons (Fsp3) is 0.920. The van der Waals surface area contributed by atoms with E-state index in [2.05, 4.69) is 4.74 Å². The van der Waals surface area contributed by atoms with Gasteiger partial charge in [0.05, 0.1) is 113 Å². The van der Waals surface area contributed by atoms with Crippen LogP contribution in [-0.2, 0) is 61.7 Å². The molecule has 0 saturated carbocycles. The smallest absolute Gasteiger partial charge is 0.332 e. The molecule has 13 heteroatoms. The van der Waals surface area contributed by atoms with Gasteiger partial charge >= 0.3 is 11.9 Å². The Labute approximate surface area is 226 Å². The van der Waals surface area contributed by atoms with E-state index in [0.717, 1.165) is 0 Å². The van der Waals surface area contributed by atoms with Crippen molar-refractivity contribution in [2.45, 2.75) is 26.4 Å². The number of hydrogen-bond acceptors (Lipinski definition) is 13. The molecular weight excluding hydrogens is 508 g/mol. The van der Waals surface area contributed by atoms with Crippen molar-refractivity contribution in [2.75, 3.05) is 126 Å². The van der Waals surface area contributed by atoms with Crippen molar-refractivity contribution in [3.05, 3.63) is 0 Å². The predicted octanol–water partition coefficient (Wildman–Crippen LogP) is 0.651. The van der Waals surface area contributed by atoms with Gasteiger partial charge in [0.1, 0.15) is 18.8 Å². The van der Waals surface area contributed by atoms with E-state index in [1.807, 2.05) is 20.8 Å². The van der Waals surface area contributed by atoms with Gasteiger partial charge in [-0.25, -0.2) is 9.59 Å². The van der Waals surface area contributed by atoms with E-state index in [9.17, 15) is 9.59 Å². The molecule has 0 aromatic carbocycles. The molecule has 38 heavy (non-hydrogen) atoms. The highest BCUT2D eigenvalue weighted by molar-refractivity contribution is 5.71. The number of ether oxygens (including phenoxy) is 11. The quantitative estimate of drug-likeness (QED) is 0.0986. The molecule has 0 rings (SSSR count). The van der Waals surface area contributed by atoms with Crippen LogP contribution < -0.4 is 0 Å². The maximum absolute atomic E-state index is 11.5. The Morgan fingerprint density at radius 1 is 0.421 bits per heavy atom. The van der Waals surface area contributed by atoms with Crippen LogP contribution in [-0.4, -0.2) is 144 Å². The normalized spacial score (nSPS) is 11.6. The number of hydrogen-bond donors (Lipinski definition) is 0. The van der Waals surface area contributed by atoms with Crippen molar-refractivity contribution in [2.24, 2.45) is 0 Å². The van der Waals surface area contributed by atoms with Crippen molar-refractivity contribution in [3.63, 3.8) is 0 Å². The van der Waals surface area contributed by atoms with Crippen LogP contribution >= 0.6 is 0 Å². The Balaban J connectivity index is 3.12. The van der Waals surface area contributed by atoms with E-state index in [4.69, 9.17) is 47.4 Å². The largest absolute Gasteiger partial charge is 0.467 e. The molecule has 0 aromatic heterocycles. The molecule has 0 saturated heterocycles. The van der Waals surface area contributed by atoms with Gasteiger partial charge in [-0.3, -0.25) is 0 Å². The van der Waals surface area contributed by atoms with E-state index in [1.165, 1.54) is 7.11 Å². The van der Waals surface area contributed by atoms with Gasteiger partial charge < -0.3 is 52.1 Å². The summed E-state index contributed by atoms with van der Waals surface area (Å²) in [7, 11) is 1.31. The van der Waals surface area contributed by atoms with Crippen molar-refractivity contribution in [1.82, 2.24) is 0 Å². The van der Waals surface area contributed by atoms with Gasteiger partial charge in [0, 0.05) is 0 Å². The van der Waals surface area contributed by atoms with Gasteiger partial charge in [-0.15, -0.1) is 0 Å². The first-order chi connectivity index (χ1) is 18.3. The lowest BCUT2D eigenvalue weighted by molar-refractivity contribution is -0.160. The average molecular weight is 557 g/mol. The van der Waals surface area contributed by atoms with Gasteiger partial charge in [0.2, 0.25) is 0 Å². The molecule has 0 bridgehead atoms. The lowest BCUT2D eigenvalue weighted by Gasteiger charge is -2.19. The van der Waals surface area contributed by atoms with Crippen LogP contribution in [0.15, 0.2) is 0 Å². The minimum Gasteiger partial charge on any atom is -0.467 e. The summed E-state index contributed by atoms with van der Waals surface area (Å²) in [5.41, 5.74) is -0.511. The van der Waals surface area contributed by atoms with Crippen LogP contribution in [0, 0.1) is 0 Å². The van der Waals surface area contributed by atoms with Crippen molar-refractivity contribution >= 4 is 11.9 Å². The zero-order chi connectivity index (χ0) is 28.2. The summed E-state index contributed by atoms with van der Waals surface area (Å²) in [6.45, 7) is 12.3. The Morgan fingerprint density at radius 3 is 0.895 bits per heavy atom. The van der Waals surface area contributed by atoms with Crippen molar-refractivity contribution in [3.8, 4) is 0 Å². The second-order valence-electron chi connectivity index (χ2n) is 8.55. The molecule has 0 heterocycles. The lowest BCUT2D eigenvalue weighted by atomic mass is 10.2. The molecule has 226 valence electrons. The van der Waals surface area contributed by atoms with Gasteiger partial charge in [-0.05, 0) is 20.8 Å². The molecule has 0 unspecified atom stereocenters.